The highest BCUT2D eigenvalue weighted by atomic mass is 16.5. The van der Waals surface area contributed by atoms with E-state index in [1.54, 1.807) is 0 Å². The van der Waals surface area contributed by atoms with Gasteiger partial charge in [0.15, 0.2) is 5.82 Å². The van der Waals surface area contributed by atoms with Crippen LogP contribution in [-0.4, -0.2) is 33.2 Å². The van der Waals surface area contributed by atoms with Gasteiger partial charge in [0, 0.05) is 24.8 Å². The van der Waals surface area contributed by atoms with Gasteiger partial charge in [0.25, 0.3) is 0 Å². The highest BCUT2D eigenvalue weighted by Crippen LogP contribution is 2.38. The van der Waals surface area contributed by atoms with E-state index in [0.29, 0.717) is 37.5 Å². The number of rotatable bonds is 7. The molecule has 3 rings (SSSR count). The van der Waals surface area contributed by atoms with Gasteiger partial charge in [-0.3, -0.25) is 9.59 Å². The number of amides is 1. The molecule has 1 aromatic heterocycles. The Morgan fingerprint density at radius 1 is 1.17 bits per heavy atom. The van der Waals surface area contributed by atoms with Gasteiger partial charge in [0.2, 0.25) is 11.8 Å². The molecule has 0 bridgehead atoms. The molecule has 7 nitrogen and oxygen atoms in total. The molecular weight excluding hydrogens is 310 g/mol. The zero-order chi connectivity index (χ0) is 16.9. The Morgan fingerprint density at radius 2 is 1.96 bits per heavy atom. The molecule has 24 heavy (non-hydrogen) atoms. The maximum absolute atomic E-state index is 12.1. The van der Waals surface area contributed by atoms with E-state index in [0.717, 1.165) is 44.3 Å². The number of carbonyl (C=O) groups is 2. The minimum absolute atomic E-state index is 0.0879. The van der Waals surface area contributed by atoms with Gasteiger partial charge in [0.1, 0.15) is 0 Å². The quantitative estimate of drug-likeness (QED) is 0.741. The van der Waals surface area contributed by atoms with Crippen LogP contribution in [-0.2, 0) is 16.0 Å². The number of nitrogens with one attached hydrogen (secondary N) is 1. The Hall–Kier alpha value is -1.92. The lowest BCUT2D eigenvalue weighted by Gasteiger charge is -2.22. The van der Waals surface area contributed by atoms with Crippen molar-refractivity contribution in [3.05, 3.63) is 11.7 Å². The van der Waals surface area contributed by atoms with Crippen molar-refractivity contribution in [2.24, 2.45) is 5.92 Å². The smallest absolute Gasteiger partial charge is 0.308 e. The van der Waals surface area contributed by atoms with E-state index in [-0.39, 0.29) is 11.9 Å². The molecule has 2 aliphatic carbocycles. The monoisotopic (exact) mass is 335 g/mol. The second-order valence-corrected chi connectivity index (χ2v) is 6.93. The van der Waals surface area contributed by atoms with Crippen LogP contribution in [0.15, 0.2) is 4.52 Å². The number of hydrogen-bond acceptors (Lipinski definition) is 5. The normalized spacial score (nSPS) is 24.3. The van der Waals surface area contributed by atoms with Crippen LogP contribution >= 0.6 is 0 Å². The maximum Gasteiger partial charge on any atom is 0.308 e. The average Bonchev–Trinajstić information content (AvgIpc) is 3.32. The Balaban J connectivity index is 1.42. The molecule has 0 aliphatic heterocycles. The van der Waals surface area contributed by atoms with Crippen molar-refractivity contribution in [2.75, 3.05) is 0 Å². The van der Waals surface area contributed by atoms with E-state index in [2.05, 4.69) is 15.5 Å². The summed E-state index contributed by atoms with van der Waals surface area (Å²) in [5.74, 6) is 0.484. The number of aryl methyl sites for hydroxylation is 1. The highest BCUT2D eigenvalue weighted by molar-refractivity contribution is 5.78. The van der Waals surface area contributed by atoms with Gasteiger partial charge >= 0.3 is 5.97 Å². The van der Waals surface area contributed by atoms with E-state index in [1.807, 2.05) is 0 Å². The second kappa shape index (κ2) is 7.77. The minimum Gasteiger partial charge on any atom is -0.481 e. The number of carboxylic acids is 1. The lowest BCUT2D eigenvalue weighted by Crippen LogP contribution is -2.42. The van der Waals surface area contributed by atoms with Gasteiger partial charge in [0.05, 0.1) is 5.92 Å². The van der Waals surface area contributed by atoms with Crippen LogP contribution in [0.4, 0.5) is 0 Å². The van der Waals surface area contributed by atoms with Crippen molar-refractivity contribution in [1.29, 1.82) is 0 Å². The molecular formula is C17H25N3O4. The van der Waals surface area contributed by atoms with E-state index >= 15 is 0 Å². The average molecular weight is 335 g/mol. The lowest BCUT2D eigenvalue weighted by atomic mass is 9.94. The van der Waals surface area contributed by atoms with Crippen molar-refractivity contribution in [2.45, 2.75) is 76.2 Å². The fourth-order valence-electron chi connectivity index (χ4n) is 3.33. The largest absolute Gasteiger partial charge is 0.481 e. The van der Waals surface area contributed by atoms with E-state index < -0.39 is 11.9 Å². The van der Waals surface area contributed by atoms with Crippen LogP contribution < -0.4 is 5.32 Å². The summed E-state index contributed by atoms with van der Waals surface area (Å²) in [4.78, 5) is 27.9. The van der Waals surface area contributed by atoms with E-state index in [1.165, 1.54) is 0 Å². The van der Waals surface area contributed by atoms with Gasteiger partial charge in [-0.05, 0) is 32.1 Å². The van der Waals surface area contributed by atoms with Crippen molar-refractivity contribution in [1.82, 2.24) is 15.5 Å². The summed E-state index contributed by atoms with van der Waals surface area (Å²) in [5.41, 5.74) is 0. The molecule has 0 radical (unpaired) electrons. The molecule has 2 saturated carbocycles. The summed E-state index contributed by atoms with van der Waals surface area (Å²) < 4.78 is 5.19. The number of aromatic nitrogens is 2. The highest BCUT2D eigenvalue weighted by Gasteiger charge is 2.31. The SMILES string of the molecule is O=C(CCCc1nc(C2CC2)no1)N[C@H]1CCCCC[C@H]1C(=O)O. The minimum atomic E-state index is -0.805. The molecule has 2 fully saturated rings. The van der Waals surface area contributed by atoms with Crippen LogP contribution in [0.2, 0.25) is 0 Å². The van der Waals surface area contributed by atoms with Crippen LogP contribution in [0.3, 0.4) is 0 Å². The van der Waals surface area contributed by atoms with Gasteiger partial charge in [-0.1, -0.05) is 24.4 Å². The van der Waals surface area contributed by atoms with Gasteiger partial charge in [-0.2, -0.15) is 4.98 Å². The molecule has 0 aromatic carbocycles. The van der Waals surface area contributed by atoms with Crippen LogP contribution in [0, 0.1) is 5.92 Å². The summed E-state index contributed by atoms with van der Waals surface area (Å²) in [7, 11) is 0. The number of carbonyl (C=O) groups excluding carboxylic acids is 1. The van der Waals surface area contributed by atoms with Gasteiger partial charge in [-0.25, -0.2) is 0 Å². The van der Waals surface area contributed by atoms with Crippen LogP contribution in [0.1, 0.15) is 75.4 Å². The molecule has 2 N–H and O–H groups in total. The van der Waals surface area contributed by atoms with Crippen molar-refractivity contribution in [3.8, 4) is 0 Å². The van der Waals surface area contributed by atoms with Crippen molar-refractivity contribution >= 4 is 11.9 Å². The Kier molecular flexibility index (Phi) is 5.48. The fourth-order valence-corrected chi connectivity index (χ4v) is 3.33. The molecule has 1 amide bonds. The first-order valence-corrected chi connectivity index (χ1v) is 8.98. The third-order valence-corrected chi connectivity index (χ3v) is 4.90. The molecule has 0 unspecified atom stereocenters. The van der Waals surface area contributed by atoms with Gasteiger partial charge in [-0.15, -0.1) is 0 Å². The zero-order valence-electron chi connectivity index (χ0n) is 13.9. The third kappa shape index (κ3) is 4.55. The third-order valence-electron chi connectivity index (χ3n) is 4.90. The summed E-state index contributed by atoms with van der Waals surface area (Å²) in [6, 6.07) is -0.248. The van der Waals surface area contributed by atoms with E-state index in [9.17, 15) is 14.7 Å². The standard InChI is InChI=1S/C17H25N3O4/c21-14(18-13-6-3-1-2-5-12(13)17(22)23)7-4-8-15-19-16(20-24-15)11-9-10-11/h11-13H,1-10H2,(H,18,21)(H,22,23)/t12-,13+/m1/s1. The molecule has 132 valence electrons. The number of carboxylic acid groups (broad SMARTS) is 1. The lowest BCUT2D eigenvalue weighted by molar-refractivity contribution is -0.143. The summed E-state index contributed by atoms with van der Waals surface area (Å²) in [6.07, 6.45) is 8.15. The van der Waals surface area contributed by atoms with Gasteiger partial charge < -0.3 is 14.9 Å². The first-order valence-electron chi connectivity index (χ1n) is 8.98. The Morgan fingerprint density at radius 3 is 2.71 bits per heavy atom. The predicted molar refractivity (Wildman–Crippen MR) is 85.4 cm³/mol. The zero-order valence-corrected chi connectivity index (χ0v) is 13.9. The first kappa shape index (κ1) is 16.9. The van der Waals surface area contributed by atoms with Crippen molar-refractivity contribution < 1.29 is 19.2 Å². The summed E-state index contributed by atoms with van der Waals surface area (Å²) in [5, 5.41) is 16.2. The number of nitrogens with zero attached hydrogens (tertiary/aromatic N) is 2. The Labute approximate surface area is 141 Å². The molecule has 1 heterocycles. The Bertz CT molecular complexity index is 582. The molecule has 7 heteroatoms. The first-order chi connectivity index (χ1) is 11.6. The van der Waals surface area contributed by atoms with Crippen LogP contribution in [0.25, 0.3) is 0 Å². The van der Waals surface area contributed by atoms with Crippen LogP contribution in [0.5, 0.6) is 0 Å². The molecule has 0 spiro atoms. The number of hydrogen-bond donors (Lipinski definition) is 2. The molecule has 0 saturated heterocycles. The predicted octanol–water partition coefficient (Wildman–Crippen LogP) is 2.42. The summed E-state index contributed by atoms with van der Waals surface area (Å²) >= 11 is 0. The topological polar surface area (TPSA) is 105 Å². The summed E-state index contributed by atoms with van der Waals surface area (Å²) in [6.45, 7) is 0. The second-order valence-electron chi connectivity index (χ2n) is 6.93. The van der Waals surface area contributed by atoms with Crippen molar-refractivity contribution in [3.63, 3.8) is 0 Å². The number of aliphatic carboxylic acids is 1. The molecule has 1 aromatic rings. The molecule has 2 aliphatic rings. The molecule has 2 atom stereocenters. The maximum atomic E-state index is 12.1. The van der Waals surface area contributed by atoms with E-state index in [4.69, 9.17) is 4.52 Å². The fraction of sp³-hybridized carbons (Fsp3) is 0.765.